The van der Waals surface area contributed by atoms with Gasteiger partial charge in [-0.1, -0.05) is 19.9 Å². The van der Waals surface area contributed by atoms with Crippen LogP contribution >= 0.6 is 0 Å². The zero-order valence-electron chi connectivity index (χ0n) is 11.7. The fraction of sp³-hybridized carbons (Fsp3) is 0.600. The second-order valence-electron chi connectivity index (χ2n) is 4.82. The largest absolute Gasteiger partial charge is 0.493 e. The number of ether oxygens (including phenoxy) is 2. The molecule has 0 radical (unpaired) electrons. The van der Waals surface area contributed by atoms with E-state index in [1.54, 1.807) is 7.11 Å². The van der Waals surface area contributed by atoms with Crippen molar-refractivity contribution in [3.63, 3.8) is 0 Å². The minimum absolute atomic E-state index is 0.160. The van der Waals surface area contributed by atoms with Gasteiger partial charge in [0.1, 0.15) is 6.10 Å². The van der Waals surface area contributed by atoms with E-state index >= 15 is 0 Å². The molecular weight excluding hydrogens is 226 g/mol. The fourth-order valence-corrected chi connectivity index (χ4v) is 2.48. The molecule has 2 unspecified atom stereocenters. The number of benzene rings is 1. The highest BCUT2D eigenvalue weighted by Crippen LogP contribution is 2.44. The van der Waals surface area contributed by atoms with E-state index < -0.39 is 0 Å². The molecule has 0 saturated carbocycles. The molecule has 3 heteroatoms. The predicted molar refractivity (Wildman–Crippen MR) is 73.5 cm³/mol. The summed E-state index contributed by atoms with van der Waals surface area (Å²) >= 11 is 0. The number of fused-ring (bicyclic) bond motifs is 1. The lowest BCUT2D eigenvalue weighted by Gasteiger charge is -2.16. The van der Waals surface area contributed by atoms with E-state index in [0.717, 1.165) is 30.9 Å². The van der Waals surface area contributed by atoms with Gasteiger partial charge in [0.05, 0.1) is 13.2 Å². The van der Waals surface area contributed by atoms with Gasteiger partial charge in [-0.25, -0.2) is 0 Å². The van der Waals surface area contributed by atoms with Gasteiger partial charge in [0.2, 0.25) is 0 Å². The Labute approximate surface area is 109 Å². The van der Waals surface area contributed by atoms with Gasteiger partial charge >= 0.3 is 0 Å². The molecule has 100 valence electrons. The van der Waals surface area contributed by atoms with Crippen molar-refractivity contribution in [3.8, 4) is 11.5 Å². The molecule has 1 aromatic rings. The summed E-state index contributed by atoms with van der Waals surface area (Å²) in [5, 5.41) is 3.56. The lowest BCUT2D eigenvalue weighted by Crippen LogP contribution is -2.29. The van der Waals surface area contributed by atoms with Crippen LogP contribution < -0.4 is 14.8 Å². The molecule has 1 aliphatic heterocycles. The van der Waals surface area contributed by atoms with Gasteiger partial charge in [-0.2, -0.15) is 0 Å². The van der Waals surface area contributed by atoms with Crippen LogP contribution in [0.4, 0.5) is 0 Å². The Morgan fingerprint density at radius 1 is 1.33 bits per heavy atom. The Kier molecular flexibility index (Phi) is 4.12. The minimum atomic E-state index is 0.160. The molecule has 0 saturated heterocycles. The van der Waals surface area contributed by atoms with Crippen LogP contribution in [0.2, 0.25) is 0 Å². The van der Waals surface area contributed by atoms with Gasteiger partial charge in [0.15, 0.2) is 11.5 Å². The molecule has 1 aliphatic rings. The Hall–Kier alpha value is -1.22. The van der Waals surface area contributed by atoms with Gasteiger partial charge in [-0.3, -0.25) is 0 Å². The van der Waals surface area contributed by atoms with E-state index in [0.29, 0.717) is 0 Å². The van der Waals surface area contributed by atoms with E-state index in [1.807, 2.05) is 0 Å². The lowest BCUT2D eigenvalue weighted by atomic mass is 10.00. The highest BCUT2D eigenvalue weighted by Gasteiger charge is 2.33. The van der Waals surface area contributed by atoms with Gasteiger partial charge in [-0.15, -0.1) is 0 Å². The van der Waals surface area contributed by atoms with E-state index in [1.165, 1.54) is 11.1 Å². The van der Waals surface area contributed by atoms with E-state index in [4.69, 9.17) is 9.47 Å². The summed E-state index contributed by atoms with van der Waals surface area (Å²) in [5.74, 6) is 1.77. The van der Waals surface area contributed by atoms with Crippen LogP contribution in [0.15, 0.2) is 12.1 Å². The molecule has 2 atom stereocenters. The summed E-state index contributed by atoms with van der Waals surface area (Å²) in [6.07, 6.45) is 2.30. The third kappa shape index (κ3) is 2.32. The summed E-state index contributed by atoms with van der Waals surface area (Å²) in [6.45, 7) is 7.46. The van der Waals surface area contributed by atoms with Crippen LogP contribution in [0.3, 0.4) is 0 Å². The van der Waals surface area contributed by atoms with Crippen molar-refractivity contribution in [2.75, 3.05) is 13.7 Å². The molecule has 0 aliphatic carbocycles. The molecule has 3 nitrogen and oxygen atoms in total. The van der Waals surface area contributed by atoms with Crippen molar-refractivity contribution in [3.05, 3.63) is 23.3 Å². The second kappa shape index (κ2) is 5.61. The van der Waals surface area contributed by atoms with Gasteiger partial charge in [0, 0.05) is 5.56 Å². The number of hydrogen-bond acceptors (Lipinski definition) is 3. The molecule has 0 bridgehead atoms. The van der Waals surface area contributed by atoms with Gasteiger partial charge < -0.3 is 14.8 Å². The molecule has 1 heterocycles. The minimum Gasteiger partial charge on any atom is -0.493 e. The van der Waals surface area contributed by atoms with E-state index in [2.05, 4.69) is 38.2 Å². The van der Waals surface area contributed by atoms with Crippen molar-refractivity contribution >= 4 is 0 Å². The highest BCUT2D eigenvalue weighted by atomic mass is 16.5. The molecule has 2 rings (SSSR count). The van der Waals surface area contributed by atoms with Crippen molar-refractivity contribution in [2.24, 2.45) is 0 Å². The summed E-state index contributed by atoms with van der Waals surface area (Å²) in [5.41, 5.74) is 2.54. The summed E-state index contributed by atoms with van der Waals surface area (Å²) in [6, 6.07) is 4.60. The summed E-state index contributed by atoms with van der Waals surface area (Å²) in [4.78, 5) is 0. The molecular formula is C15H23NO2. The normalized spacial score (nSPS) is 21.6. The van der Waals surface area contributed by atoms with Crippen LogP contribution in [0.25, 0.3) is 0 Å². The first-order valence-corrected chi connectivity index (χ1v) is 6.82. The lowest BCUT2D eigenvalue weighted by molar-refractivity contribution is 0.203. The Morgan fingerprint density at radius 3 is 2.72 bits per heavy atom. The third-order valence-corrected chi connectivity index (χ3v) is 3.49. The maximum atomic E-state index is 5.95. The zero-order chi connectivity index (χ0) is 13.1. The standard InChI is InChI=1S/C15H23NO2/c1-5-7-16-14-10(3)18-15-12(14)8-11(6-2)9-13(15)17-4/h8-10,14,16H,5-7H2,1-4H3. The van der Waals surface area contributed by atoms with Gasteiger partial charge in [-0.05, 0) is 37.9 Å². The molecule has 0 spiro atoms. The van der Waals surface area contributed by atoms with Crippen LogP contribution in [0, 0.1) is 0 Å². The van der Waals surface area contributed by atoms with Crippen molar-refractivity contribution in [1.29, 1.82) is 0 Å². The number of nitrogens with one attached hydrogen (secondary N) is 1. The topological polar surface area (TPSA) is 30.5 Å². The molecule has 0 aromatic heterocycles. The molecule has 0 amide bonds. The van der Waals surface area contributed by atoms with E-state index in [9.17, 15) is 0 Å². The number of aryl methyl sites for hydroxylation is 1. The fourth-order valence-electron chi connectivity index (χ4n) is 2.48. The van der Waals surface area contributed by atoms with Crippen molar-refractivity contribution in [1.82, 2.24) is 5.32 Å². The smallest absolute Gasteiger partial charge is 0.166 e. The van der Waals surface area contributed by atoms with Crippen molar-refractivity contribution in [2.45, 2.75) is 45.8 Å². The Morgan fingerprint density at radius 2 is 2.11 bits per heavy atom. The molecule has 1 N–H and O–H groups in total. The third-order valence-electron chi connectivity index (χ3n) is 3.49. The predicted octanol–water partition coefficient (Wildman–Crippen LogP) is 3.08. The molecule has 0 fully saturated rings. The molecule has 1 aromatic carbocycles. The average Bonchev–Trinajstić information content (AvgIpc) is 2.71. The summed E-state index contributed by atoms with van der Waals surface area (Å²) in [7, 11) is 1.70. The van der Waals surface area contributed by atoms with Gasteiger partial charge in [0.25, 0.3) is 0 Å². The maximum absolute atomic E-state index is 5.95. The molecule has 18 heavy (non-hydrogen) atoms. The summed E-state index contributed by atoms with van der Waals surface area (Å²) < 4.78 is 11.4. The Bertz CT molecular complexity index is 417. The SMILES string of the molecule is CCCNC1c2cc(CC)cc(OC)c2OC1C. The first-order valence-electron chi connectivity index (χ1n) is 6.82. The van der Waals surface area contributed by atoms with Crippen LogP contribution in [-0.4, -0.2) is 19.8 Å². The van der Waals surface area contributed by atoms with Crippen LogP contribution in [0.1, 0.15) is 44.4 Å². The monoisotopic (exact) mass is 249 g/mol. The quantitative estimate of drug-likeness (QED) is 0.870. The van der Waals surface area contributed by atoms with Crippen LogP contribution in [0.5, 0.6) is 11.5 Å². The highest BCUT2D eigenvalue weighted by molar-refractivity contribution is 5.53. The van der Waals surface area contributed by atoms with Crippen molar-refractivity contribution < 1.29 is 9.47 Å². The number of methoxy groups -OCH3 is 1. The van der Waals surface area contributed by atoms with E-state index in [-0.39, 0.29) is 12.1 Å². The zero-order valence-corrected chi connectivity index (χ0v) is 11.7. The second-order valence-corrected chi connectivity index (χ2v) is 4.82. The number of rotatable bonds is 5. The Balaban J connectivity index is 2.36. The van der Waals surface area contributed by atoms with Crippen LogP contribution in [-0.2, 0) is 6.42 Å². The first-order chi connectivity index (χ1) is 8.71. The maximum Gasteiger partial charge on any atom is 0.166 e. The first kappa shape index (κ1) is 13.2. The average molecular weight is 249 g/mol. The number of hydrogen-bond donors (Lipinski definition) is 1.